The Bertz CT molecular complexity index is 316. The molecule has 0 aliphatic carbocycles. The summed E-state index contributed by atoms with van der Waals surface area (Å²) in [6, 6.07) is 10.7. The van der Waals surface area contributed by atoms with Crippen LogP contribution in [0.25, 0.3) is 0 Å². The molecule has 0 saturated carbocycles. The molecule has 0 heterocycles. The van der Waals surface area contributed by atoms with Crippen molar-refractivity contribution in [3.63, 3.8) is 0 Å². The maximum atomic E-state index is 10.9. The molecule has 17 heavy (non-hydrogen) atoms. The zero-order chi connectivity index (χ0) is 11.8. The van der Waals surface area contributed by atoms with Crippen molar-refractivity contribution >= 4 is 18.4 Å². The fourth-order valence-electron chi connectivity index (χ4n) is 1.56. The van der Waals surface area contributed by atoms with Crippen LogP contribution in [0.4, 0.5) is 0 Å². The molecule has 1 atom stereocenters. The lowest BCUT2D eigenvalue weighted by atomic mass is 10.1. The molecule has 0 aromatic heterocycles. The van der Waals surface area contributed by atoms with E-state index in [0.29, 0.717) is 19.0 Å². The summed E-state index contributed by atoms with van der Waals surface area (Å²) in [7, 11) is 1.41. The van der Waals surface area contributed by atoms with Crippen LogP contribution in [-0.2, 0) is 16.0 Å². The number of nitrogens with one attached hydrogen (secondary N) is 1. The first-order valence-corrected chi connectivity index (χ1v) is 5.56. The van der Waals surface area contributed by atoms with E-state index in [2.05, 4.69) is 29.1 Å². The monoisotopic (exact) mass is 257 g/mol. The lowest BCUT2D eigenvalue weighted by molar-refractivity contribution is -0.140. The quantitative estimate of drug-likeness (QED) is 0.794. The third-order valence-electron chi connectivity index (χ3n) is 2.43. The molecule has 0 saturated heterocycles. The molecule has 0 amide bonds. The summed E-state index contributed by atoms with van der Waals surface area (Å²) >= 11 is 0. The number of carbonyl (C=O) groups is 1. The van der Waals surface area contributed by atoms with Gasteiger partial charge >= 0.3 is 5.97 Å². The number of hydrogen-bond donors (Lipinski definition) is 1. The van der Waals surface area contributed by atoms with Crippen LogP contribution in [0.3, 0.4) is 0 Å². The van der Waals surface area contributed by atoms with Gasteiger partial charge in [-0.3, -0.25) is 4.79 Å². The number of rotatable bonds is 6. The lowest BCUT2D eigenvalue weighted by Crippen LogP contribution is -2.30. The van der Waals surface area contributed by atoms with Crippen molar-refractivity contribution in [3.05, 3.63) is 35.9 Å². The van der Waals surface area contributed by atoms with Crippen LogP contribution in [0.5, 0.6) is 0 Å². The predicted molar refractivity (Wildman–Crippen MR) is 71.5 cm³/mol. The van der Waals surface area contributed by atoms with E-state index in [1.165, 1.54) is 12.7 Å². The Morgan fingerprint density at radius 1 is 1.35 bits per heavy atom. The SMILES string of the molecule is COC(=O)CCNC(C)Cc1ccccc1.Cl. The third-order valence-corrected chi connectivity index (χ3v) is 2.43. The second kappa shape index (κ2) is 9.02. The van der Waals surface area contributed by atoms with E-state index in [0.717, 1.165) is 6.42 Å². The van der Waals surface area contributed by atoms with Crippen LogP contribution < -0.4 is 5.32 Å². The summed E-state index contributed by atoms with van der Waals surface area (Å²) in [6.07, 6.45) is 1.40. The second-order valence-corrected chi connectivity index (χ2v) is 3.87. The summed E-state index contributed by atoms with van der Waals surface area (Å²) in [4.78, 5) is 10.9. The van der Waals surface area contributed by atoms with Gasteiger partial charge in [0, 0.05) is 12.6 Å². The maximum Gasteiger partial charge on any atom is 0.306 e. The smallest absolute Gasteiger partial charge is 0.306 e. The molecule has 0 bridgehead atoms. The van der Waals surface area contributed by atoms with Gasteiger partial charge in [-0.25, -0.2) is 0 Å². The number of ether oxygens (including phenoxy) is 1. The highest BCUT2D eigenvalue weighted by Crippen LogP contribution is 2.02. The van der Waals surface area contributed by atoms with Gasteiger partial charge in [0.1, 0.15) is 0 Å². The molecule has 1 unspecified atom stereocenters. The summed E-state index contributed by atoms with van der Waals surface area (Å²) < 4.78 is 4.57. The maximum absolute atomic E-state index is 10.9. The highest BCUT2D eigenvalue weighted by Gasteiger charge is 2.04. The molecule has 0 radical (unpaired) electrons. The number of methoxy groups -OCH3 is 1. The fourth-order valence-corrected chi connectivity index (χ4v) is 1.56. The van der Waals surface area contributed by atoms with Crippen molar-refractivity contribution in [2.45, 2.75) is 25.8 Å². The van der Waals surface area contributed by atoms with Gasteiger partial charge in [-0.15, -0.1) is 12.4 Å². The molecular formula is C13H20ClNO2. The molecule has 1 N–H and O–H groups in total. The molecule has 0 aliphatic heterocycles. The summed E-state index contributed by atoms with van der Waals surface area (Å²) in [5, 5.41) is 3.30. The highest BCUT2D eigenvalue weighted by molar-refractivity contribution is 5.85. The average Bonchev–Trinajstić information content (AvgIpc) is 2.30. The van der Waals surface area contributed by atoms with Crippen molar-refractivity contribution < 1.29 is 9.53 Å². The average molecular weight is 258 g/mol. The zero-order valence-electron chi connectivity index (χ0n) is 10.3. The van der Waals surface area contributed by atoms with E-state index in [1.54, 1.807) is 0 Å². The molecule has 0 aliphatic rings. The minimum absolute atomic E-state index is 0. The van der Waals surface area contributed by atoms with Gasteiger partial charge in [-0.1, -0.05) is 30.3 Å². The molecule has 1 aromatic rings. The fraction of sp³-hybridized carbons (Fsp3) is 0.462. The molecule has 1 aromatic carbocycles. The summed E-state index contributed by atoms with van der Waals surface area (Å²) in [6.45, 7) is 2.78. The van der Waals surface area contributed by atoms with Crippen molar-refractivity contribution in [2.24, 2.45) is 0 Å². The lowest BCUT2D eigenvalue weighted by Gasteiger charge is -2.13. The van der Waals surface area contributed by atoms with Crippen LogP contribution >= 0.6 is 12.4 Å². The minimum atomic E-state index is -0.167. The number of carbonyl (C=O) groups excluding carboxylic acids is 1. The Balaban J connectivity index is 0.00000256. The van der Waals surface area contributed by atoms with E-state index in [4.69, 9.17) is 0 Å². The van der Waals surface area contributed by atoms with Gasteiger partial charge < -0.3 is 10.1 Å². The van der Waals surface area contributed by atoms with Gasteiger partial charge in [-0.05, 0) is 18.9 Å². The van der Waals surface area contributed by atoms with Crippen molar-refractivity contribution in [1.82, 2.24) is 5.32 Å². The number of hydrogen-bond acceptors (Lipinski definition) is 3. The van der Waals surface area contributed by atoms with E-state index in [9.17, 15) is 4.79 Å². The third kappa shape index (κ3) is 6.97. The molecule has 1 rings (SSSR count). The number of esters is 1. The van der Waals surface area contributed by atoms with E-state index >= 15 is 0 Å². The van der Waals surface area contributed by atoms with Crippen LogP contribution in [0.15, 0.2) is 30.3 Å². The summed E-state index contributed by atoms with van der Waals surface area (Å²) in [5.41, 5.74) is 1.31. The number of halogens is 1. The molecule has 4 heteroatoms. The van der Waals surface area contributed by atoms with E-state index in [1.807, 2.05) is 18.2 Å². The standard InChI is InChI=1S/C13H19NO2.ClH/c1-11(14-9-8-13(15)16-2)10-12-6-4-3-5-7-12;/h3-7,11,14H,8-10H2,1-2H3;1H. The van der Waals surface area contributed by atoms with Crippen molar-refractivity contribution in [1.29, 1.82) is 0 Å². The van der Waals surface area contributed by atoms with Crippen molar-refractivity contribution in [3.8, 4) is 0 Å². The Morgan fingerprint density at radius 2 is 2.00 bits per heavy atom. The Hall–Kier alpha value is -1.06. The van der Waals surface area contributed by atoms with Gasteiger partial charge in [0.15, 0.2) is 0 Å². The van der Waals surface area contributed by atoms with Crippen molar-refractivity contribution in [2.75, 3.05) is 13.7 Å². The molecule has 96 valence electrons. The minimum Gasteiger partial charge on any atom is -0.469 e. The van der Waals surface area contributed by atoms with Crippen LogP contribution in [0.2, 0.25) is 0 Å². The first-order valence-electron chi connectivity index (χ1n) is 5.56. The van der Waals surface area contributed by atoms with Gasteiger partial charge in [0.2, 0.25) is 0 Å². The molecule has 0 spiro atoms. The van der Waals surface area contributed by atoms with Crippen LogP contribution in [0, 0.1) is 0 Å². The Morgan fingerprint density at radius 3 is 2.59 bits per heavy atom. The van der Waals surface area contributed by atoms with Crippen LogP contribution in [0.1, 0.15) is 18.9 Å². The summed E-state index contributed by atoms with van der Waals surface area (Å²) in [5.74, 6) is -0.167. The van der Waals surface area contributed by atoms with Crippen LogP contribution in [-0.4, -0.2) is 25.7 Å². The van der Waals surface area contributed by atoms with E-state index < -0.39 is 0 Å². The molecule has 0 fully saturated rings. The topological polar surface area (TPSA) is 38.3 Å². The van der Waals surface area contributed by atoms with Gasteiger partial charge in [-0.2, -0.15) is 0 Å². The first-order chi connectivity index (χ1) is 7.72. The zero-order valence-corrected chi connectivity index (χ0v) is 11.1. The molecule has 3 nitrogen and oxygen atoms in total. The molecular weight excluding hydrogens is 238 g/mol. The van der Waals surface area contributed by atoms with Gasteiger partial charge in [0.05, 0.1) is 13.5 Å². The Labute approximate surface area is 109 Å². The second-order valence-electron chi connectivity index (χ2n) is 3.87. The number of benzene rings is 1. The van der Waals surface area contributed by atoms with Gasteiger partial charge in [0.25, 0.3) is 0 Å². The normalized spacial score (nSPS) is 11.4. The Kier molecular flexibility index (Phi) is 8.46. The van der Waals surface area contributed by atoms with E-state index in [-0.39, 0.29) is 18.4 Å². The first kappa shape index (κ1) is 15.9. The highest BCUT2D eigenvalue weighted by atomic mass is 35.5. The largest absolute Gasteiger partial charge is 0.469 e. The predicted octanol–water partition coefficient (Wildman–Crippen LogP) is 2.19.